The Bertz CT molecular complexity index is 582. The first-order chi connectivity index (χ1) is 12.0. The van der Waals surface area contributed by atoms with Crippen molar-refractivity contribution in [1.29, 1.82) is 0 Å². The summed E-state index contributed by atoms with van der Waals surface area (Å²) in [7, 11) is 0. The Balaban J connectivity index is 1.27. The highest BCUT2D eigenvalue weighted by molar-refractivity contribution is 5.75. The quantitative estimate of drug-likeness (QED) is 0.538. The molecule has 3 fully saturated rings. The van der Waals surface area contributed by atoms with Crippen LogP contribution in [0.2, 0.25) is 0 Å². The molecule has 0 N–H and O–H groups in total. The summed E-state index contributed by atoms with van der Waals surface area (Å²) >= 11 is 0. The standard InChI is InChI=1S/C21H30O4/c1-3-21(12-15-5-7-17(21)10-15)25-19(22)8-13(2)24-20(23)18-11-14-4-6-16(18)9-14/h4,6,13-18H,3,5,7-12H2,1-2H3/t13?,14-,15+,16+,17-,18?,21-/m1/s1. The van der Waals surface area contributed by atoms with Crippen molar-refractivity contribution in [2.45, 2.75) is 76.9 Å². The van der Waals surface area contributed by atoms with E-state index in [9.17, 15) is 9.59 Å². The smallest absolute Gasteiger partial charge is 0.310 e. The van der Waals surface area contributed by atoms with E-state index in [1.165, 1.54) is 19.3 Å². The third kappa shape index (κ3) is 3.13. The molecule has 4 heteroatoms. The Kier molecular flexibility index (Phi) is 4.41. The molecule has 0 heterocycles. The minimum absolute atomic E-state index is 0.0129. The first-order valence-electron chi connectivity index (χ1n) is 10.1. The lowest BCUT2D eigenvalue weighted by molar-refractivity contribution is -0.171. The third-order valence-corrected chi connectivity index (χ3v) is 7.19. The maximum atomic E-state index is 12.5. The number of rotatable bonds is 6. The highest BCUT2D eigenvalue weighted by atomic mass is 16.6. The van der Waals surface area contributed by atoms with Crippen LogP contribution in [0.3, 0.4) is 0 Å². The predicted octanol–water partition coefficient (Wildman–Crippen LogP) is 4.03. The molecule has 0 aromatic heterocycles. The number of esters is 2. The number of hydrogen-bond donors (Lipinski definition) is 0. The van der Waals surface area contributed by atoms with Crippen LogP contribution in [-0.4, -0.2) is 23.6 Å². The van der Waals surface area contributed by atoms with E-state index in [-0.39, 0.29) is 29.9 Å². The van der Waals surface area contributed by atoms with Crippen LogP contribution in [0.5, 0.6) is 0 Å². The number of carbonyl (C=O) groups is 2. The third-order valence-electron chi connectivity index (χ3n) is 7.19. The van der Waals surface area contributed by atoms with Gasteiger partial charge in [-0.2, -0.15) is 0 Å². The van der Waals surface area contributed by atoms with E-state index in [1.54, 1.807) is 0 Å². The zero-order valence-electron chi connectivity index (χ0n) is 15.4. The molecular formula is C21H30O4. The van der Waals surface area contributed by atoms with Crippen molar-refractivity contribution in [3.63, 3.8) is 0 Å². The van der Waals surface area contributed by atoms with Crippen molar-refractivity contribution in [3.05, 3.63) is 12.2 Å². The second-order valence-electron chi connectivity index (χ2n) is 8.81. The fourth-order valence-electron chi connectivity index (χ4n) is 5.91. The molecule has 0 radical (unpaired) electrons. The summed E-state index contributed by atoms with van der Waals surface area (Å²) in [6.45, 7) is 3.93. The zero-order chi connectivity index (χ0) is 17.6. The summed E-state index contributed by atoms with van der Waals surface area (Å²) < 4.78 is 11.5. The maximum Gasteiger partial charge on any atom is 0.310 e. The molecule has 25 heavy (non-hydrogen) atoms. The first-order valence-corrected chi connectivity index (χ1v) is 10.1. The second kappa shape index (κ2) is 6.44. The van der Waals surface area contributed by atoms with Crippen LogP contribution in [0.4, 0.5) is 0 Å². The van der Waals surface area contributed by atoms with Gasteiger partial charge in [-0.3, -0.25) is 9.59 Å². The molecule has 0 aromatic carbocycles. The molecule has 138 valence electrons. The van der Waals surface area contributed by atoms with Gasteiger partial charge in [0.1, 0.15) is 11.7 Å². The molecule has 4 nitrogen and oxygen atoms in total. The molecular weight excluding hydrogens is 316 g/mol. The van der Waals surface area contributed by atoms with Crippen LogP contribution in [0.1, 0.15) is 65.2 Å². The molecule has 4 bridgehead atoms. The maximum absolute atomic E-state index is 12.5. The van der Waals surface area contributed by atoms with E-state index < -0.39 is 6.10 Å². The number of ether oxygens (including phenoxy) is 2. The van der Waals surface area contributed by atoms with Crippen LogP contribution < -0.4 is 0 Å². The number of allylic oxidation sites excluding steroid dienone is 2. The lowest BCUT2D eigenvalue weighted by Crippen LogP contribution is -2.40. The Morgan fingerprint density at radius 3 is 2.60 bits per heavy atom. The van der Waals surface area contributed by atoms with Crippen molar-refractivity contribution in [3.8, 4) is 0 Å². The lowest BCUT2D eigenvalue weighted by Gasteiger charge is -2.36. The summed E-state index contributed by atoms with van der Waals surface area (Å²) in [5, 5.41) is 0. The predicted molar refractivity (Wildman–Crippen MR) is 93.6 cm³/mol. The lowest BCUT2D eigenvalue weighted by atomic mass is 9.82. The van der Waals surface area contributed by atoms with Gasteiger partial charge in [0, 0.05) is 0 Å². The van der Waals surface area contributed by atoms with Crippen molar-refractivity contribution in [1.82, 2.24) is 0 Å². The highest BCUT2D eigenvalue weighted by Crippen LogP contribution is 2.54. The van der Waals surface area contributed by atoms with Crippen LogP contribution in [-0.2, 0) is 19.1 Å². The minimum Gasteiger partial charge on any atom is -0.462 e. The molecule has 0 amide bonds. The molecule has 0 saturated heterocycles. The fourth-order valence-corrected chi connectivity index (χ4v) is 5.91. The Hall–Kier alpha value is -1.32. The van der Waals surface area contributed by atoms with Crippen molar-refractivity contribution >= 4 is 11.9 Å². The molecule has 2 unspecified atom stereocenters. The first kappa shape index (κ1) is 17.1. The van der Waals surface area contributed by atoms with Gasteiger partial charge >= 0.3 is 11.9 Å². The van der Waals surface area contributed by atoms with E-state index in [2.05, 4.69) is 19.1 Å². The van der Waals surface area contributed by atoms with Crippen LogP contribution in [0.25, 0.3) is 0 Å². The normalized spacial score (nSPS) is 41.9. The number of fused-ring (bicyclic) bond motifs is 4. The van der Waals surface area contributed by atoms with E-state index in [0.29, 0.717) is 17.8 Å². The zero-order valence-corrected chi connectivity index (χ0v) is 15.4. The number of hydrogen-bond acceptors (Lipinski definition) is 4. The van der Waals surface area contributed by atoms with Gasteiger partial charge in [-0.05, 0) is 75.5 Å². The van der Waals surface area contributed by atoms with Gasteiger partial charge in [-0.25, -0.2) is 0 Å². The molecule has 7 atom stereocenters. The summed E-state index contributed by atoms with van der Waals surface area (Å²) in [5.41, 5.74) is -0.251. The van der Waals surface area contributed by atoms with Gasteiger partial charge in [0.2, 0.25) is 0 Å². The topological polar surface area (TPSA) is 52.6 Å². The molecule has 4 rings (SSSR count). The van der Waals surface area contributed by atoms with E-state index in [4.69, 9.17) is 9.47 Å². The molecule has 4 aliphatic carbocycles. The summed E-state index contributed by atoms with van der Waals surface area (Å²) in [6, 6.07) is 0. The minimum atomic E-state index is -0.407. The van der Waals surface area contributed by atoms with Crippen molar-refractivity contribution < 1.29 is 19.1 Å². The largest absolute Gasteiger partial charge is 0.462 e. The summed E-state index contributed by atoms with van der Waals surface area (Å²) in [5.74, 6) is 1.80. The molecule has 3 saturated carbocycles. The summed E-state index contributed by atoms with van der Waals surface area (Å²) in [6.07, 6.45) is 11.7. The average Bonchev–Trinajstić information content (AvgIpc) is 3.34. The van der Waals surface area contributed by atoms with Crippen LogP contribution >= 0.6 is 0 Å². The molecule has 0 aliphatic heterocycles. The van der Waals surface area contributed by atoms with Gasteiger partial charge in [-0.15, -0.1) is 0 Å². The highest BCUT2D eigenvalue weighted by Gasteiger charge is 2.52. The van der Waals surface area contributed by atoms with E-state index in [0.717, 1.165) is 31.6 Å². The fraction of sp³-hybridized carbons (Fsp3) is 0.810. The molecule has 0 aromatic rings. The molecule has 4 aliphatic rings. The van der Waals surface area contributed by atoms with Crippen LogP contribution in [0.15, 0.2) is 12.2 Å². The van der Waals surface area contributed by atoms with Gasteiger partial charge < -0.3 is 9.47 Å². The summed E-state index contributed by atoms with van der Waals surface area (Å²) in [4.78, 5) is 24.8. The molecule has 0 spiro atoms. The van der Waals surface area contributed by atoms with Crippen LogP contribution in [0, 0.1) is 29.6 Å². The Labute approximate surface area is 150 Å². The van der Waals surface area contributed by atoms with Crippen molar-refractivity contribution in [2.24, 2.45) is 29.6 Å². The Morgan fingerprint density at radius 2 is 2.04 bits per heavy atom. The van der Waals surface area contributed by atoms with E-state index in [1.807, 2.05) is 6.92 Å². The van der Waals surface area contributed by atoms with Gasteiger partial charge in [0.15, 0.2) is 0 Å². The van der Waals surface area contributed by atoms with E-state index >= 15 is 0 Å². The van der Waals surface area contributed by atoms with Gasteiger partial charge in [0.05, 0.1) is 12.3 Å². The Morgan fingerprint density at radius 1 is 1.20 bits per heavy atom. The van der Waals surface area contributed by atoms with Gasteiger partial charge in [0.25, 0.3) is 0 Å². The second-order valence-corrected chi connectivity index (χ2v) is 8.81. The average molecular weight is 346 g/mol. The van der Waals surface area contributed by atoms with Crippen molar-refractivity contribution in [2.75, 3.05) is 0 Å². The number of carbonyl (C=O) groups excluding carboxylic acids is 2. The SMILES string of the molecule is CC[C@@]1(OC(=O)CC(C)OC(=O)C2C[C@@H]3C=C[C@H]2C3)C[C@H]2CC[C@@H]1C2. The monoisotopic (exact) mass is 346 g/mol. The van der Waals surface area contributed by atoms with Gasteiger partial charge in [-0.1, -0.05) is 19.1 Å².